The molecule has 0 heterocycles. The van der Waals surface area contributed by atoms with Crippen molar-refractivity contribution < 1.29 is 22.9 Å². The molecule has 1 atom stereocenters. The summed E-state index contributed by atoms with van der Waals surface area (Å²) in [5.41, 5.74) is -2.45. The molecular formula is C12H15ClF3N3O3. The Bertz CT molecular complexity index is 552. The summed E-state index contributed by atoms with van der Waals surface area (Å²) in [5, 5.41) is 16.1. The summed E-state index contributed by atoms with van der Waals surface area (Å²) in [6, 6.07) is 1.72. The first-order chi connectivity index (χ1) is 9.66. The van der Waals surface area contributed by atoms with Gasteiger partial charge in [-0.25, -0.2) is 0 Å². The van der Waals surface area contributed by atoms with E-state index in [4.69, 9.17) is 0 Å². The van der Waals surface area contributed by atoms with Crippen molar-refractivity contribution in [3.63, 3.8) is 0 Å². The van der Waals surface area contributed by atoms with Crippen LogP contribution in [0.5, 0.6) is 0 Å². The molecule has 0 saturated heterocycles. The highest BCUT2D eigenvalue weighted by Gasteiger charge is 2.33. The molecule has 1 aromatic rings. The number of nitro groups is 1. The van der Waals surface area contributed by atoms with E-state index in [9.17, 15) is 28.1 Å². The van der Waals surface area contributed by atoms with Crippen LogP contribution in [0.2, 0.25) is 0 Å². The first kappa shape index (κ1) is 20.1. The Morgan fingerprint density at radius 2 is 2.00 bits per heavy atom. The summed E-state index contributed by atoms with van der Waals surface area (Å²) in [6.45, 7) is 1.95. The van der Waals surface area contributed by atoms with E-state index < -0.39 is 33.8 Å². The number of rotatable bonds is 5. The lowest BCUT2D eigenvalue weighted by molar-refractivity contribution is -0.385. The van der Waals surface area contributed by atoms with Crippen LogP contribution < -0.4 is 10.6 Å². The number of carbonyl (C=O) groups is 1. The summed E-state index contributed by atoms with van der Waals surface area (Å²) in [5.74, 6) is -0.794. The second-order valence-corrected chi connectivity index (χ2v) is 4.39. The molecule has 0 aliphatic carbocycles. The molecule has 1 rings (SSSR count). The lowest BCUT2D eigenvalue weighted by atomic mass is 10.1. The van der Waals surface area contributed by atoms with Crippen LogP contribution in [-0.4, -0.2) is 30.5 Å². The maximum absolute atomic E-state index is 12.5. The van der Waals surface area contributed by atoms with E-state index in [1.165, 1.54) is 0 Å². The van der Waals surface area contributed by atoms with E-state index in [0.29, 0.717) is 12.1 Å². The van der Waals surface area contributed by atoms with Crippen molar-refractivity contribution in [2.45, 2.75) is 19.1 Å². The van der Waals surface area contributed by atoms with E-state index in [1.54, 1.807) is 14.0 Å². The fourth-order valence-corrected chi connectivity index (χ4v) is 1.49. The number of nitro benzene ring substituents is 1. The number of benzene rings is 1. The predicted octanol–water partition coefficient (Wildman–Crippen LogP) is 2.37. The zero-order valence-electron chi connectivity index (χ0n) is 11.7. The van der Waals surface area contributed by atoms with Gasteiger partial charge in [-0.3, -0.25) is 14.9 Å². The first-order valence-electron chi connectivity index (χ1n) is 5.98. The van der Waals surface area contributed by atoms with Crippen LogP contribution in [0.25, 0.3) is 0 Å². The molecule has 1 amide bonds. The molecule has 0 saturated carbocycles. The summed E-state index contributed by atoms with van der Waals surface area (Å²) in [6.07, 6.45) is -4.71. The minimum atomic E-state index is -4.71. The standard InChI is InChI=1S/C12H14F3N3O3.ClH/c1-7(16-2)6-17-11(19)9-4-3-8(12(13,14)15)5-10(9)18(20)21;/h3-5,7,16H,6H2,1-2H3,(H,17,19);1H. The minimum Gasteiger partial charge on any atom is -0.350 e. The van der Waals surface area contributed by atoms with Crippen molar-refractivity contribution in [3.8, 4) is 0 Å². The van der Waals surface area contributed by atoms with E-state index in [2.05, 4.69) is 10.6 Å². The van der Waals surface area contributed by atoms with Gasteiger partial charge in [-0.05, 0) is 26.1 Å². The van der Waals surface area contributed by atoms with Gasteiger partial charge in [0.05, 0.1) is 10.5 Å². The molecule has 124 valence electrons. The number of amides is 1. The third kappa shape index (κ3) is 5.15. The number of carbonyl (C=O) groups excluding carboxylic acids is 1. The molecule has 2 N–H and O–H groups in total. The Balaban J connectivity index is 0.00000441. The van der Waals surface area contributed by atoms with Crippen LogP contribution >= 0.6 is 12.4 Å². The normalized spacial score (nSPS) is 12.2. The average molecular weight is 342 g/mol. The van der Waals surface area contributed by atoms with Gasteiger partial charge in [0.2, 0.25) is 0 Å². The van der Waals surface area contributed by atoms with Crippen molar-refractivity contribution >= 4 is 24.0 Å². The molecular weight excluding hydrogens is 327 g/mol. The Morgan fingerprint density at radius 1 is 1.41 bits per heavy atom. The highest BCUT2D eigenvalue weighted by molar-refractivity contribution is 5.98. The molecule has 1 unspecified atom stereocenters. The van der Waals surface area contributed by atoms with Crippen molar-refractivity contribution in [2.75, 3.05) is 13.6 Å². The molecule has 0 radical (unpaired) electrons. The Morgan fingerprint density at radius 3 is 2.45 bits per heavy atom. The molecule has 0 aromatic heterocycles. The predicted molar refractivity (Wildman–Crippen MR) is 76.2 cm³/mol. The maximum Gasteiger partial charge on any atom is 0.416 e. The Hall–Kier alpha value is -1.87. The van der Waals surface area contributed by atoms with Gasteiger partial charge in [-0.2, -0.15) is 13.2 Å². The van der Waals surface area contributed by atoms with Gasteiger partial charge in [0.15, 0.2) is 0 Å². The van der Waals surface area contributed by atoms with Gasteiger partial charge >= 0.3 is 6.18 Å². The second-order valence-electron chi connectivity index (χ2n) is 4.39. The van der Waals surface area contributed by atoms with E-state index in [0.717, 1.165) is 6.07 Å². The number of likely N-dealkylation sites (N-methyl/N-ethyl adjacent to an activating group) is 1. The monoisotopic (exact) mass is 341 g/mol. The molecule has 1 aromatic carbocycles. The number of nitrogens with zero attached hydrogens (tertiary/aromatic N) is 1. The maximum atomic E-state index is 12.5. The lowest BCUT2D eigenvalue weighted by Crippen LogP contribution is -2.37. The highest BCUT2D eigenvalue weighted by atomic mass is 35.5. The third-order valence-corrected chi connectivity index (χ3v) is 2.83. The number of hydrogen-bond donors (Lipinski definition) is 2. The smallest absolute Gasteiger partial charge is 0.350 e. The van der Waals surface area contributed by atoms with Crippen LogP contribution in [-0.2, 0) is 6.18 Å². The van der Waals surface area contributed by atoms with Crippen LogP contribution in [0.1, 0.15) is 22.8 Å². The highest BCUT2D eigenvalue weighted by Crippen LogP contribution is 2.32. The van der Waals surface area contributed by atoms with Gasteiger partial charge in [-0.15, -0.1) is 12.4 Å². The number of halogens is 4. The van der Waals surface area contributed by atoms with Gasteiger partial charge in [0.25, 0.3) is 11.6 Å². The van der Waals surface area contributed by atoms with Crippen molar-refractivity contribution in [1.82, 2.24) is 10.6 Å². The van der Waals surface area contributed by atoms with Crippen LogP contribution in [0.3, 0.4) is 0 Å². The van der Waals surface area contributed by atoms with Crippen molar-refractivity contribution in [3.05, 3.63) is 39.4 Å². The molecule has 0 bridgehead atoms. The molecule has 22 heavy (non-hydrogen) atoms. The number of hydrogen-bond acceptors (Lipinski definition) is 4. The Labute approximate surface area is 130 Å². The van der Waals surface area contributed by atoms with Crippen molar-refractivity contribution in [1.29, 1.82) is 0 Å². The molecule has 0 spiro atoms. The van der Waals surface area contributed by atoms with Gasteiger partial charge in [-0.1, -0.05) is 0 Å². The first-order valence-corrected chi connectivity index (χ1v) is 5.98. The SMILES string of the molecule is CNC(C)CNC(=O)c1ccc(C(F)(F)F)cc1[N+](=O)[O-].Cl. The van der Waals surface area contributed by atoms with Crippen LogP contribution in [0.4, 0.5) is 18.9 Å². The topological polar surface area (TPSA) is 84.3 Å². The molecule has 0 aliphatic rings. The molecule has 10 heteroatoms. The van der Waals surface area contributed by atoms with Crippen LogP contribution in [0.15, 0.2) is 18.2 Å². The van der Waals surface area contributed by atoms with Gasteiger partial charge < -0.3 is 10.6 Å². The number of nitrogens with one attached hydrogen (secondary N) is 2. The van der Waals surface area contributed by atoms with Gasteiger partial charge in [0.1, 0.15) is 5.56 Å². The van der Waals surface area contributed by atoms with Crippen molar-refractivity contribution in [2.24, 2.45) is 0 Å². The largest absolute Gasteiger partial charge is 0.416 e. The summed E-state index contributed by atoms with van der Waals surface area (Å²) >= 11 is 0. The second kappa shape index (κ2) is 7.95. The molecule has 6 nitrogen and oxygen atoms in total. The fraction of sp³-hybridized carbons (Fsp3) is 0.417. The lowest BCUT2D eigenvalue weighted by Gasteiger charge is -2.12. The van der Waals surface area contributed by atoms with Gasteiger partial charge in [0, 0.05) is 18.7 Å². The quantitative estimate of drug-likeness (QED) is 0.636. The fourth-order valence-electron chi connectivity index (χ4n) is 1.49. The molecule has 0 fully saturated rings. The average Bonchev–Trinajstić information content (AvgIpc) is 2.42. The zero-order chi connectivity index (χ0) is 16.2. The third-order valence-electron chi connectivity index (χ3n) is 2.83. The molecule has 0 aliphatic heterocycles. The van der Waals surface area contributed by atoms with E-state index in [1.807, 2.05) is 0 Å². The number of alkyl halides is 3. The van der Waals surface area contributed by atoms with E-state index in [-0.39, 0.29) is 25.0 Å². The zero-order valence-corrected chi connectivity index (χ0v) is 12.5. The summed E-state index contributed by atoms with van der Waals surface area (Å²) in [4.78, 5) is 21.7. The summed E-state index contributed by atoms with van der Waals surface area (Å²) < 4.78 is 37.6. The summed E-state index contributed by atoms with van der Waals surface area (Å²) in [7, 11) is 1.66. The Kier molecular flexibility index (Phi) is 7.27. The van der Waals surface area contributed by atoms with E-state index >= 15 is 0 Å². The minimum absolute atomic E-state index is 0. The van der Waals surface area contributed by atoms with Crippen LogP contribution in [0, 0.1) is 10.1 Å².